The second-order valence-corrected chi connectivity index (χ2v) is 7.74. The molecule has 0 saturated carbocycles. The Labute approximate surface area is 194 Å². The Morgan fingerprint density at radius 2 is 1.88 bits per heavy atom. The van der Waals surface area contributed by atoms with Crippen LogP contribution in [0.1, 0.15) is 17.5 Å². The first kappa shape index (κ1) is 24.3. The van der Waals surface area contributed by atoms with Crippen molar-refractivity contribution >= 4 is 11.8 Å². The molecule has 1 saturated heterocycles. The van der Waals surface area contributed by atoms with Gasteiger partial charge < -0.3 is 29.2 Å². The van der Waals surface area contributed by atoms with Crippen molar-refractivity contribution in [3.05, 3.63) is 47.7 Å². The zero-order valence-electron chi connectivity index (χ0n) is 19.3. The topological polar surface area (TPSA) is 99.2 Å². The number of rotatable bonds is 12. The van der Waals surface area contributed by atoms with E-state index in [2.05, 4.69) is 10.3 Å². The van der Waals surface area contributed by atoms with Gasteiger partial charge in [-0.2, -0.15) is 0 Å². The Kier molecular flexibility index (Phi) is 8.88. The van der Waals surface area contributed by atoms with E-state index in [4.69, 9.17) is 18.9 Å². The van der Waals surface area contributed by atoms with E-state index in [0.717, 1.165) is 11.1 Å². The number of benzene rings is 1. The molecule has 1 atom stereocenters. The Hall–Kier alpha value is -3.33. The summed E-state index contributed by atoms with van der Waals surface area (Å²) in [4.78, 5) is 31.0. The molecule has 1 aromatic carbocycles. The molecule has 2 aromatic rings. The zero-order chi connectivity index (χ0) is 23.6. The second kappa shape index (κ2) is 12.1. The maximum absolute atomic E-state index is 12.6. The lowest BCUT2D eigenvalue weighted by atomic mass is 10.1. The number of likely N-dealkylation sites (tertiary alicyclic amines) is 1. The molecule has 0 radical (unpaired) electrons. The van der Waals surface area contributed by atoms with E-state index in [1.165, 1.54) is 0 Å². The van der Waals surface area contributed by atoms with Gasteiger partial charge in [0.15, 0.2) is 11.5 Å². The first-order chi connectivity index (χ1) is 16.0. The maximum Gasteiger partial charge on any atom is 0.225 e. The van der Waals surface area contributed by atoms with Crippen molar-refractivity contribution in [1.29, 1.82) is 0 Å². The fraction of sp³-hybridized carbons (Fsp3) is 0.458. The summed E-state index contributed by atoms with van der Waals surface area (Å²) < 4.78 is 21.0. The van der Waals surface area contributed by atoms with Crippen molar-refractivity contribution in [2.24, 2.45) is 5.92 Å². The summed E-state index contributed by atoms with van der Waals surface area (Å²) in [6.45, 7) is 2.23. The van der Waals surface area contributed by atoms with Crippen molar-refractivity contribution in [3.8, 4) is 17.4 Å². The van der Waals surface area contributed by atoms with Gasteiger partial charge in [-0.25, -0.2) is 4.98 Å². The summed E-state index contributed by atoms with van der Waals surface area (Å²) in [6.07, 6.45) is 2.56. The van der Waals surface area contributed by atoms with Crippen LogP contribution in [0.25, 0.3) is 0 Å². The monoisotopic (exact) mass is 457 g/mol. The van der Waals surface area contributed by atoms with E-state index < -0.39 is 0 Å². The summed E-state index contributed by atoms with van der Waals surface area (Å²) >= 11 is 0. The first-order valence-electron chi connectivity index (χ1n) is 10.9. The van der Waals surface area contributed by atoms with Gasteiger partial charge in [0.2, 0.25) is 17.7 Å². The molecule has 2 amide bonds. The van der Waals surface area contributed by atoms with Crippen molar-refractivity contribution < 1.29 is 28.5 Å². The number of amides is 2. The highest BCUT2D eigenvalue weighted by molar-refractivity contribution is 5.89. The minimum atomic E-state index is -0.354. The summed E-state index contributed by atoms with van der Waals surface area (Å²) in [7, 11) is 4.80. The van der Waals surface area contributed by atoms with Gasteiger partial charge in [-0.15, -0.1) is 0 Å². The highest BCUT2D eigenvalue weighted by Crippen LogP contribution is 2.28. The smallest absolute Gasteiger partial charge is 0.225 e. The molecule has 33 heavy (non-hydrogen) atoms. The molecule has 1 aliphatic rings. The van der Waals surface area contributed by atoms with Crippen molar-refractivity contribution in [2.45, 2.75) is 19.4 Å². The van der Waals surface area contributed by atoms with Crippen LogP contribution in [0.4, 0.5) is 0 Å². The number of methoxy groups -OCH3 is 3. The van der Waals surface area contributed by atoms with Crippen LogP contribution < -0.4 is 19.5 Å². The van der Waals surface area contributed by atoms with Crippen LogP contribution >= 0.6 is 0 Å². The molecule has 1 aromatic heterocycles. The lowest BCUT2D eigenvalue weighted by Gasteiger charge is -2.17. The van der Waals surface area contributed by atoms with Crippen LogP contribution in [0.2, 0.25) is 0 Å². The Bertz CT molecular complexity index is 934. The third-order valence-corrected chi connectivity index (χ3v) is 5.51. The number of carbonyl (C=O) groups excluding carboxylic acids is 2. The molecular formula is C24H31N3O6. The van der Waals surface area contributed by atoms with Crippen molar-refractivity contribution in [1.82, 2.24) is 15.2 Å². The number of hydrogen-bond donors (Lipinski definition) is 1. The quantitative estimate of drug-likeness (QED) is 0.486. The molecule has 1 aliphatic heterocycles. The lowest BCUT2D eigenvalue weighted by molar-refractivity contribution is -0.129. The largest absolute Gasteiger partial charge is 0.493 e. The maximum atomic E-state index is 12.6. The van der Waals surface area contributed by atoms with Crippen LogP contribution in [-0.2, 0) is 27.3 Å². The number of aromatic nitrogens is 1. The minimum Gasteiger partial charge on any atom is -0.493 e. The highest BCUT2D eigenvalue weighted by Gasteiger charge is 2.33. The number of nitrogens with one attached hydrogen (secondary N) is 1. The number of hydrogen-bond acceptors (Lipinski definition) is 7. The molecule has 0 bridgehead atoms. The van der Waals surface area contributed by atoms with Crippen LogP contribution in [0.15, 0.2) is 36.5 Å². The van der Waals surface area contributed by atoms with E-state index in [1.54, 1.807) is 38.5 Å². The van der Waals surface area contributed by atoms with Crippen molar-refractivity contribution in [3.63, 3.8) is 0 Å². The normalized spacial score (nSPS) is 15.4. The van der Waals surface area contributed by atoms with Gasteiger partial charge in [0.05, 0.1) is 26.7 Å². The Morgan fingerprint density at radius 1 is 1.09 bits per heavy atom. The van der Waals surface area contributed by atoms with Crippen LogP contribution in [-0.4, -0.2) is 69.3 Å². The molecule has 0 spiro atoms. The predicted octanol–water partition coefficient (Wildman–Crippen LogP) is 1.83. The molecule has 178 valence electrons. The minimum absolute atomic E-state index is 0.00476. The summed E-state index contributed by atoms with van der Waals surface area (Å²) in [5.41, 5.74) is 1.90. The average Bonchev–Trinajstić information content (AvgIpc) is 3.22. The van der Waals surface area contributed by atoms with Gasteiger partial charge in [-0.05, 0) is 29.7 Å². The van der Waals surface area contributed by atoms with Gasteiger partial charge >= 0.3 is 0 Å². The molecule has 9 nitrogen and oxygen atoms in total. The highest BCUT2D eigenvalue weighted by atomic mass is 16.5. The van der Waals surface area contributed by atoms with Gasteiger partial charge in [-0.1, -0.05) is 12.1 Å². The fourth-order valence-corrected chi connectivity index (χ4v) is 3.63. The standard InChI is InChI=1S/C24H31N3O6/c1-30-10-11-33-22-7-5-18(14-25-22)15-26-24(29)19-13-23(28)27(16-19)9-8-17-4-6-20(31-2)21(12-17)32-3/h4-7,12,14,19H,8-11,13,15-16H2,1-3H3,(H,26,29). The molecule has 1 fully saturated rings. The van der Waals surface area contributed by atoms with Crippen molar-refractivity contribution in [2.75, 3.05) is 47.6 Å². The molecular weight excluding hydrogens is 426 g/mol. The van der Waals surface area contributed by atoms with E-state index in [0.29, 0.717) is 56.6 Å². The molecule has 2 heterocycles. The Balaban J connectivity index is 1.45. The third kappa shape index (κ3) is 6.82. The summed E-state index contributed by atoms with van der Waals surface area (Å²) in [6, 6.07) is 9.32. The van der Waals surface area contributed by atoms with Crippen LogP contribution in [0.5, 0.6) is 17.4 Å². The van der Waals surface area contributed by atoms with E-state index in [1.807, 2.05) is 24.3 Å². The molecule has 1 unspecified atom stereocenters. The number of ether oxygens (including phenoxy) is 4. The second-order valence-electron chi connectivity index (χ2n) is 7.74. The van der Waals surface area contributed by atoms with Gasteiger partial charge in [0, 0.05) is 45.4 Å². The van der Waals surface area contributed by atoms with Gasteiger partial charge in [-0.3, -0.25) is 9.59 Å². The van der Waals surface area contributed by atoms with Crippen LogP contribution in [0, 0.1) is 5.92 Å². The summed E-state index contributed by atoms with van der Waals surface area (Å²) in [5.74, 6) is 1.34. The van der Waals surface area contributed by atoms with E-state index in [9.17, 15) is 9.59 Å². The summed E-state index contributed by atoms with van der Waals surface area (Å²) in [5, 5.41) is 2.91. The number of carbonyl (C=O) groups is 2. The molecule has 1 N–H and O–H groups in total. The molecule has 3 rings (SSSR count). The van der Waals surface area contributed by atoms with E-state index in [-0.39, 0.29) is 24.2 Å². The SMILES string of the molecule is COCCOc1ccc(CNC(=O)C2CC(=O)N(CCc3ccc(OC)c(OC)c3)C2)cn1. The fourth-order valence-electron chi connectivity index (χ4n) is 3.63. The van der Waals surface area contributed by atoms with Gasteiger partial charge in [0.25, 0.3) is 0 Å². The zero-order valence-corrected chi connectivity index (χ0v) is 19.3. The Morgan fingerprint density at radius 3 is 2.58 bits per heavy atom. The number of nitrogens with zero attached hydrogens (tertiary/aromatic N) is 2. The first-order valence-corrected chi connectivity index (χ1v) is 10.9. The van der Waals surface area contributed by atoms with Crippen LogP contribution in [0.3, 0.4) is 0 Å². The molecule has 0 aliphatic carbocycles. The molecule has 9 heteroatoms. The lowest BCUT2D eigenvalue weighted by Crippen LogP contribution is -2.33. The van der Waals surface area contributed by atoms with E-state index >= 15 is 0 Å². The van der Waals surface area contributed by atoms with Gasteiger partial charge in [0.1, 0.15) is 6.61 Å². The third-order valence-electron chi connectivity index (χ3n) is 5.51. The number of pyridine rings is 1. The average molecular weight is 458 g/mol. The predicted molar refractivity (Wildman–Crippen MR) is 121 cm³/mol.